The van der Waals surface area contributed by atoms with Gasteiger partial charge in [-0.3, -0.25) is 4.79 Å². The van der Waals surface area contributed by atoms with Crippen molar-refractivity contribution in [1.82, 2.24) is 0 Å². The van der Waals surface area contributed by atoms with E-state index in [1.165, 1.54) is 0 Å². The number of hydrogen-bond donors (Lipinski definition) is 1. The normalized spacial score (nSPS) is 11.6. The van der Waals surface area contributed by atoms with E-state index in [9.17, 15) is 9.59 Å². The lowest BCUT2D eigenvalue weighted by Crippen LogP contribution is -2.30. The van der Waals surface area contributed by atoms with Crippen molar-refractivity contribution in [1.29, 1.82) is 0 Å². The molecule has 0 aliphatic heterocycles. The number of amides is 1. The number of hydrogen-bond acceptors (Lipinski definition) is 4. The van der Waals surface area contributed by atoms with Gasteiger partial charge in [0.15, 0.2) is 6.10 Å². The van der Waals surface area contributed by atoms with Crippen molar-refractivity contribution in [2.75, 3.05) is 11.9 Å². The smallest absolute Gasteiger partial charge is 0.338 e. The van der Waals surface area contributed by atoms with Gasteiger partial charge in [0, 0.05) is 5.69 Å². The van der Waals surface area contributed by atoms with Gasteiger partial charge in [-0.2, -0.15) is 0 Å². The Balaban J connectivity index is 1.89. The second-order valence-corrected chi connectivity index (χ2v) is 6.94. The Morgan fingerprint density at radius 2 is 1.75 bits per heavy atom. The third kappa shape index (κ3) is 6.41. The molecule has 5 nitrogen and oxygen atoms in total. The van der Waals surface area contributed by atoms with Gasteiger partial charge < -0.3 is 14.8 Å². The first-order valence-corrected chi connectivity index (χ1v) is 9.72. The van der Waals surface area contributed by atoms with Crippen molar-refractivity contribution >= 4 is 17.6 Å². The van der Waals surface area contributed by atoms with Gasteiger partial charge in [-0.25, -0.2) is 4.79 Å². The molecule has 1 amide bonds. The Bertz CT molecular complexity index is 799. The number of anilines is 1. The fraction of sp³-hybridized carbons (Fsp3) is 0.391. The Morgan fingerprint density at radius 3 is 2.43 bits per heavy atom. The van der Waals surface area contributed by atoms with E-state index in [4.69, 9.17) is 9.47 Å². The number of ether oxygens (including phenoxy) is 2. The van der Waals surface area contributed by atoms with Crippen LogP contribution in [0, 0.1) is 13.8 Å². The van der Waals surface area contributed by atoms with Gasteiger partial charge in [0.1, 0.15) is 5.75 Å². The third-order valence-electron chi connectivity index (χ3n) is 4.39. The van der Waals surface area contributed by atoms with Crippen LogP contribution in [0.5, 0.6) is 5.75 Å². The topological polar surface area (TPSA) is 64.6 Å². The molecule has 150 valence electrons. The van der Waals surface area contributed by atoms with Crippen LogP contribution in [-0.2, 0) is 9.53 Å². The predicted octanol–water partition coefficient (Wildman–Crippen LogP) is 5.06. The maximum atomic E-state index is 12.4. The quantitative estimate of drug-likeness (QED) is 0.486. The second-order valence-electron chi connectivity index (χ2n) is 6.94. The first-order chi connectivity index (χ1) is 13.4. The largest absolute Gasteiger partial charge is 0.481 e. The zero-order valence-corrected chi connectivity index (χ0v) is 17.1. The van der Waals surface area contributed by atoms with Crippen molar-refractivity contribution in [3.63, 3.8) is 0 Å². The van der Waals surface area contributed by atoms with Crippen molar-refractivity contribution in [3.8, 4) is 5.75 Å². The zero-order valence-electron chi connectivity index (χ0n) is 17.1. The van der Waals surface area contributed by atoms with Crippen LogP contribution >= 0.6 is 0 Å². The highest BCUT2D eigenvalue weighted by atomic mass is 16.5. The summed E-state index contributed by atoms with van der Waals surface area (Å²) in [6, 6.07) is 12.6. The lowest BCUT2D eigenvalue weighted by molar-refractivity contribution is -0.122. The van der Waals surface area contributed by atoms with E-state index >= 15 is 0 Å². The monoisotopic (exact) mass is 383 g/mol. The van der Waals surface area contributed by atoms with Gasteiger partial charge in [0.2, 0.25) is 0 Å². The van der Waals surface area contributed by atoms with Crippen molar-refractivity contribution < 1.29 is 19.1 Å². The van der Waals surface area contributed by atoms with Gasteiger partial charge in [0.25, 0.3) is 5.91 Å². The highest BCUT2D eigenvalue weighted by Crippen LogP contribution is 2.21. The summed E-state index contributed by atoms with van der Waals surface area (Å²) in [6.07, 6.45) is 2.34. The maximum Gasteiger partial charge on any atom is 0.338 e. The Hall–Kier alpha value is -2.82. The fourth-order valence-electron chi connectivity index (χ4n) is 2.61. The molecule has 0 radical (unpaired) electrons. The number of unbranched alkanes of at least 4 members (excludes halogenated alkanes) is 2. The van der Waals surface area contributed by atoms with Crippen LogP contribution in [0.2, 0.25) is 0 Å². The summed E-state index contributed by atoms with van der Waals surface area (Å²) >= 11 is 0. The molecule has 0 aliphatic rings. The van der Waals surface area contributed by atoms with E-state index in [1.807, 2.05) is 32.0 Å². The molecule has 0 saturated carbocycles. The highest BCUT2D eigenvalue weighted by Gasteiger charge is 2.16. The molecule has 0 aromatic heterocycles. The summed E-state index contributed by atoms with van der Waals surface area (Å²) < 4.78 is 11.0. The summed E-state index contributed by atoms with van der Waals surface area (Å²) in [5.41, 5.74) is 3.12. The number of aryl methyl sites for hydroxylation is 2. The van der Waals surface area contributed by atoms with Gasteiger partial charge in [-0.05, 0) is 68.7 Å². The van der Waals surface area contributed by atoms with Crippen LogP contribution in [0.25, 0.3) is 0 Å². The molecule has 1 N–H and O–H groups in total. The lowest BCUT2D eigenvalue weighted by atomic mass is 10.1. The molecular weight excluding hydrogens is 354 g/mol. The second kappa shape index (κ2) is 10.5. The summed E-state index contributed by atoms with van der Waals surface area (Å²) in [5, 5.41) is 2.81. The van der Waals surface area contributed by atoms with Crippen molar-refractivity contribution in [3.05, 3.63) is 59.2 Å². The Labute approximate surface area is 167 Å². The number of benzene rings is 2. The van der Waals surface area contributed by atoms with E-state index in [-0.39, 0.29) is 11.9 Å². The molecule has 2 aromatic rings. The lowest BCUT2D eigenvalue weighted by Gasteiger charge is -2.17. The highest BCUT2D eigenvalue weighted by molar-refractivity contribution is 5.95. The summed E-state index contributed by atoms with van der Waals surface area (Å²) in [6.45, 7) is 8.16. The molecule has 28 heavy (non-hydrogen) atoms. The molecule has 2 rings (SSSR count). The maximum absolute atomic E-state index is 12.4. The standard InChI is InChI=1S/C23H29NO4/c1-5-6-7-14-27-23(26)19-10-12-20(13-11-19)24-22(25)18(4)28-21-15-16(2)8-9-17(21)3/h8-13,15,18H,5-7,14H2,1-4H3,(H,24,25). The molecule has 0 fully saturated rings. The van der Waals surface area contributed by atoms with Crippen LogP contribution in [-0.4, -0.2) is 24.6 Å². The molecular formula is C23H29NO4. The molecule has 5 heteroatoms. The minimum atomic E-state index is -0.649. The first kappa shape index (κ1) is 21.5. The first-order valence-electron chi connectivity index (χ1n) is 9.72. The number of esters is 1. The summed E-state index contributed by atoms with van der Waals surface area (Å²) in [4.78, 5) is 24.4. The zero-order chi connectivity index (χ0) is 20.5. The third-order valence-corrected chi connectivity index (χ3v) is 4.39. The van der Waals surface area contributed by atoms with E-state index in [2.05, 4.69) is 12.2 Å². The van der Waals surface area contributed by atoms with Crippen LogP contribution in [0.1, 0.15) is 54.6 Å². The average molecular weight is 383 g/mol. The molecule has 0 aliphatic carbocycles. The van der Waals surface area contributed by atoms with Crippen LogP contribution in [0.4, 0.5) is 5.69 Å². The van der Waals surface area contributed by atoms with Crippen LogP contribution < -0.4 is 10.1 Å². The van der Waals surface area contributed by atoms with E-state index < -0.39 is 6.10 Å². The number of rotatable bonds is 9. The SMILES string of the molecule is CCCCCOC(=O)c1ccc(NC(=O)C(C)Oc2cc(C)ccc2C)cc1. The minimum absolute atomic E-state index is 0.254. The van der Waals surface area contributed by atoms with Gasteiger partial charge in [-0.15, -0.1) is 0 Å². The molecule has 0 heterocycles. The Kier molecular flexibility index (Phi) is 8.05. The van der Waals surface area contributed by atoms with E-state index in [1.54, 1.807) is 31.2 Å². The summed E-state index contributed by atoms with van der Waals surface area (Å²) in [5.74, 6) is 0.0974. The molecule has 2 aromatic carbocycles. The molecule has 0 spiro atoms. The molecule has 0 bridgehead atoms. The van der Waals surface area contributed by atoms with E-state index in [0.717, 1.165) is 30.4 Å². The van der Waals surface area contributed by atoms with Crippen LogP contribution in [0.3, 0.4) is 0 Å². The van der Waals surface area contributed by atoms with Gasteiger partial charge >= 0.3 is 5.97 Å². The predicted molar refractivity (Wildman–Crippen MR) is 111 cm³/mol. The molecule has 1 atom stereocenters. The van der Waals surface area contributed by atoms with Crippen molar-refractivity contribution in [2.24, 2.45) is 0 Å². The minimum Gasteiger partial charge on any atom is -0.481 e. The van der Waals surface area contributed by atoms with Gasteiger partial charge in [-0.1, -0.05) is 31.9 Å². The molecule has 1 unspecified atom stereocenters. The number of nitrogens with one attached hydrogen (secondary N) is 1. The fourth-order valence-corrected chi connectivity index (χ4v) is 2.61. The number of carbonyl (C=O) groups is 2. The average Bonchev–Trinajstić information content (AvgIpc) is 2.68. The molecule has 0 saturated heterocycles. The van der Waals surface area contributed by atoms with Crippen molar-refractivity contribution in [2.45, 2.75) is 53.1 Å². The summed E-state index contributed by atoms with van der Waals surface area (Å²) in [7, 11) is 0. The number of carbonyl (C=O) groups excluding carboxylic acids is 2. The van der Waals surface area contributed by atoms with E-state index in [0.29, 0.717) is 23.6 Å². The Morgan fingerprint density at radius 1 is 1.04 bits per heavy atom. The van der Waals surface area contributed by atoms with Gasteiger partial charge in [0.05, 0.1) is 12.2 Å². The van der Waals surface area contributed by atoms with Crippen LogP contribution in [0.15, 0.2) is 42.5 Å².